The zero-order valence-electron chi connectivity index (χ0n) is 11.0. The van der Waals surface area contributed by atoms with Gasteiger partial charge in [0.05, 0.1) is 18.5 Å². The SMILES string of the molecule is COc1ccc(CCC(O)C(C)S(C)(=O)=O)cc1. The fourth-order valence-corrected chi connectivity index (χ4v) is 2.33. The second-order valence-electron chi connectivity index (χ2n) is 4.49. The minimum absolute atomic E-state index is 0.431. The van der Waals surface area contributed by atoms with Gasteiger partial charge in [0.2, 0.25) is 0 Å². The lowest BCUT2D eigenvalue weighted by Crippen LogP contribution is -2.30. The minimum Gasteiger partial charge on any atom is -0.497 e. The number of hydrogen-bond donors (Lipinski definition) is 1. The number of rotatable bonds is 6. The van der Waals surface area contributed by atoms with Gasteiger partial charge in [-0.2, -0.15) is 0 Å². The molecule has 2 atom stereocenters. The maximum absolute atomic E-state index is 11.3. The van der Waals surface area contributed by atoms with Gasteiger partial charge < -0.3 is 9.84 Å². The quantitative estimate of drug-likeness (QED) is 0.850. The zero-order valence-corrected chi connectivity index (χ0v) is 11.8. The molecule has 4 nitrogen and oxygen atoms in total. The molecule has 0 saturated heterocycles. The lowest BCUT2D eigenvalue weighted by Gasteiger charge is -2.17. The molecule has 18 heavy (non-hydrogen) atoms. The van der Waals surface area contributed by atoms with Gasteiger partial charge in [0.15, 0.2) is 9.84 Å². The molecule has 0 heterocycles. The second kappa shape index (κ2) is 6.20. The summed E-state index contributed by atoms with van der Waals surface area (Å²) in [6.45, 7) is 1.54. The summed E-state index contributed by atoms with van der Waals surface area (Å²) in [6.07, 6.45) is 1.39. The molecular formula is C13H20O4S. The van der Waals surface area contributed by atoms with Gasteiger partial charge in [-0.05, 0) is 37.5 Å². The van der Waals surface area contributed by atoms with Gasteiger partial charge in [0.25, 0.3) is 0 Å². The number of aliphatic hydroxyl groups excluding tert-OH is 1. The van der Waals surface area contributed by atoms with Gasteiger partial charge in [-0.3, -0.25) is 0 Å². The number of methoxy groups -OCH3 is 1. The van der Waals surface area contributed by atoms with E-state index in [1.54, 1.807) is 7.11 Å². The van der Waals surface area contributed by atoms with Crippen molar-refractivity contribution in [3.63, 3.8) is 0 Å². The molecule has 1 N–H and O–H groups in total. The van der Waals surface area contributed by atoms with Crippen molar-refractivity contribution in [3.8, 4) is 5.75 Å². The van der Waals surface area contributed by atoms with Gasteiger partial charge in [-0.25, -0.2) is 8.42 Å². The molecule has 0 aliphatic heterocycles. The van der Waals surface area contributed by atoms with E-state index in [-0.39, 0.29) is 0 Å². The molecule has 0 fully saturated rings. The highest BCUT2D eigenvalue weighted by atomic mass is 32.2. The third kappa shape index (κ3) is 4.31. The third-order valence-corrected chi connectivity index (χ3v) is 4.77. The molecule has 0 saturated carbocycles. The highest BCUT2D eigenvalue weighted by molar-refractivity contribution is 7.91. The van der Waals surface area contributed by atoms with Gasteiger partial charge in [-0.1, -0.05) is 12.1 Å². The number of aryl methyl sites for hydroxylation is 1. The van der Waals surface area contributed by atoms with Gasteiger partial charge >= 0.3 is 0 Å². The summed E-state index contributed by atoms with van der Waals surface area (Å²) in [5, 5.41) is 9.09. The lowest BCUT2D eigenvalue weighted by atomic mass is 10.1. The van der Waals surface area contributed by atoms with Crippen LogP contribution in [0.15, 0.2) is 24.3 Å². The Labute approximate surface area is 109 Å². The molecule has 5 heteroatoms. The van der Waals surface area contributed by atoms with E-state index in [2.05, 4.69) is 0 Å². The van der Waals surface area contributed by atoms with Crippen LogP contribution in [0, 0.1) is 0 Å². The van der Waals surface area contributed by atoms with Crippen LogP contribution in [0.25, 0.3) is 0 Å². The molecule has 1 aromatic rings. The molecule has 102 valence electrons. The Kier molecular flexibility index (Phi) is 5.16. The van der Waals surface area contributed by atoms with Gasteiger partial charge in [0.1, 0.15) is 5.75 Å². The number of aliphatic hydroxyl groups is 1. The Morgan fingerprint density at radius 2 is 1.83 bits per heavy atom. The first-order valence-corrected chi connectivity index (χ1v) is 7.80. The van der Waals surface area contributed by atoms with Crippen molar-refractivity contribution in [1.82, 2.24) is 0 Å². The average molecular weight is 272 g/mol. The van der Waals surface area contributed by atoms with E-state index < -0.39 is 21.2 Å². The van der Waals surface area contributed by atoms with Crippen molar-refractivity contribution >= 4 is 9.84 Å². The Balaban J connectivity index is 2.54. The minimum atomic E-state index is -3.19. The second-order valence-corrected chi connectivity index (χ2v) is 6.89. The van der Waals surface area contributed by atoms with E-state index in [0.717, 1.165) is 17.6 Å². The van der Waals surface area contributed by atoms with Gasteiger partial charge in [0, 0.05) is 6.26 Å². The molecule has 0 aliphatic carbocycles. The molecule has 1 aromatic carbocycles. The standard InChI is InChI=1S/C13H20O4S/c1-10(18(3,15)16)13(14)9-6-11-4-7-12(17-2)8-5-11/h4-5,7-8,10,13-14H,6,9H2,1-3H3. The monoisotopic (exact) mass is 272 g/mol. The van der Waals surface area contributed by atoms with Crippen LogP contribution >= 0.6 is 0 Å². The smallest absolute Gasteiger partial charge is 0.152 e. The maximum Gasteiger partial charge on any atom is 0.152 e. The molecule has 0 aliphatic rings. The molecule has 0 amide bonds. The molecule has 1 rings (SSSR count). The maximum atomic E-state index is 11.3. The fraction of sp³-hybridized carbons (Fsp3) is 0.538. The van der Waals surface area contributed by atoms with Crippen LogP contribution in [0.2, 0.25) is 0 Å². The topological polar surface area (TPSA) is 63.6 Å². The molecule has 0 bridgehead atoms. The van der Waals surface area contributed by atoms with Crippen molar-refractivity contribution in [2.45, 2.75) is 31.1 Å². The first kappa shape index (κ1) is 15.0. The van der Waals surface area contributed by atoms with E-state index >= 15 is 0 Å². The number of benzene rings is 1. The van der Waals surface area contributed by atoms with Crippen molar-refractivity contribution < 1.29 is 18.3 Å². The normalized spacial score (nSPS) is 15.1. The number of hydrogen-bond acceptors (Lipinski definition) is 4. The van der Waals surface area contributed by atoms with Gasteiger partial charge in [-0.15, -0.1) is 0 Å². The largest absolute Gasteiger partial charge is 0.497 e. The number of sulfone groups is 1. The summed E-state index contributed by atoms with van der Waals surface area (Å²) in [6, 6.07) is 7.52. The Morgan fingerprint density at radius 3 is 2.28 bits per heavy atom. The summed E-state index contributed by atoms with van der Waals surface area (Å²) in [5.41, 5.74) is 1.05. The van der Waals surface area contributed by atoms with E-state index in [1.165, 1.54) is 6.92 Å². The summed E-state index contributed by atoms with van der Waals surface area (Å²) in [4.78, 5) is 0. The molecular weight excluding hydrogens is 252 g/mol. The molecule has 0 aromatic heterocycles. The lowest BCUT2D eigenvalue weighted by molar-refractivity contribution is 0.163. The Morgan fingerprint density at radius 1 is 1.28 bits per heavy atom. The summed E-state index contributed by atoms with van der Waals surface area (Å²) < 4.78 is 27.6. The zero-order chi connectivity index (χ0) is 13.8. The van der Waals surface area contributed by atoms with Crippen LogP contribution in [0.5, 0.6) is 5.75 Å². The van der Waals surface area contributed by atoms with E-state index in [4.69, 9.17) is 4.74 Å². The van der Waals surface area contributed by atoms with Crippen LogP contribution in [0.4, 0.5) is 0 Å². The molecule has 0 radical (unpaired) electrons. The molecule has 0 spiro atoms. The third-order valence-electron chi connectivity index (χ3n) is 3.11. The predicted molar refractivity (Wildman–Crippen MR) is 71.6 cm³/mol. The Bertz CT molecular complexity index is 464. The van der Waals surface area contributed by atoms with E-state index in [0.29, 0.717) is 12.8 Å². The Hall–Kier alpha value is -1.07. The fourth-order valence-electron chi connectivity index (χ4n) is 1.63. The van der Waals surface area contributed by atoms with Crippen molar-refractivity contribution in [2.24, 2.45) is 0 Å². The van der Waals surface area contributed by atoms with E-state index in [9.17, 15) is 13.5 Å². The molecule has 2 unspecified atom stereocenters. The van der Waals surface area contributed by atoms with Crippen molar-refractivity contribution in [1.29, 1.82) is 0 Å². The predicted octanol–water partition coefficient (Wildman–Crippen LogP) is 1.42. The van der Waals surface area contributed by atoms with Crippen LogP contribution in [0.3, 0.4) is 0 Å². The van der Waals surface area contributed by atoms with E-state index in [1.807, 2.05) is 24.3 Å². The average Bonchev–Trinajstić information content (AvgIpc) is 2.34. The first-order chi connectivity index (χ1) is 8.34. The van der Waals surface area contributed by atoms with Crippen LogP contribution in [-0.4, -0.2) is 38.2 Å². The highest BCUT2D eigenvalue weighted by Gasteiger charge is 2.23. The van der Waals surface area contributed by atoms with Crippen LogP contribution in [-0.2, 0) is 16.3 Å². The summed E-state index contributed by atoms with van der Waals surface area (Å²) in [7, 11) is -1.58. The number of ether oxygens (including phenoxy) is 1. The van der Waals surface area contributed by atoms with Crippen LogP contribution < -0.4 is 4.74 Å². The van der Waals surface area contributed by atoms with Crippen molar-refractivity contribution in [3.05, 3.63) is 29.8 Å². The highest BCUT2D eigenvalue weighted by Crippen LogP contribution is 2.15. The summed E-state index contributed by atoms with van der Waals surface area (Å²) >= 11 is 0. The van der Waals surface area contributed by atoms with Crippen LogP contribution in [0.1, 0.15) is 18.9 Å². The first-order valence-electron chi connectivity index (χ1n) is 5.84. The summed E-state index contributed by atoms with van der Waals surface area (Å²) in [5.74, 6) is 0.781. The van der Waals surface area contributed by atoms with Crippen molar-refractivity contribution in [2.75, 3.05) is 13.4 Å².